The average Bonchev–Trinajstić information content (AvgIpc) is 2.97. The van der Waals surface area contributed by atoms with Gasteiger partial charge in [-0.3, -0.25) is 9.10 Å². The van der Waals surface area contributed by atoms with Crippen LogP contribution in [0.25, 0.3) is 0 Å². The number of halogens is 1. The second-order valence-corrected chi connectivity index (χ2v) is 11.8. The van der Waals surface area contributed by atoms with Gasteiger partial charge in [-0.25, -0.2) is 13.8 Å². The van der Waals surface area contributed by atoms with Gasteiger partial charge in [-0.05, 0) is 91.6 Å². The molecule has 0 saturated carbocycles. The molecule has 0 fully saturated rings. The van der Waals surface area contributed by atoms with Crippen molar-refractivity contribution in [2.24, 2.45) is 5.10 Å². The first kappa shape index (κ1) is 30.6. The third-order valence-corrected chi connectivity index (χ3v) is 8.21. The zero-order valence-corrected chi connectivity index (χ0v) is 25.2. The molecule has 0 saturated heterocycles. The summed E-state index contributed by atoms with van der Waals surface area (Å²) in [6.07, 6.45) is 1.45. The van der Waals surface area contributed by atoms with Gasteiger partial charge in [-0.2, -0.15) is 5.10 Å². The SMILES string of the molecule is CCOc1cc(/C=N\NC(=O)CN(c2cc(C)ccc2C)S(=O)(=O)c2ccccc2)ccc1OCc1cccc(Cl)c1. The van der Waals surface area contributed by atoms with Crippen molar-refractivity contribution < 1.29 is 22.7 Å². The highest BCUT2D eigenvalue weighted by atomic mass is 35.5. The number of benzene rings is 4. The summed E-state index contributed by atoms with van der Waals surface area (Å²) in [6, 6.07) is 26.2. The Morgan fingerprint density at radius 3 is 2.45 bits per heavy atom. The molecular formula is C32H32ClN3O5S. The topological polar surface area (TPSA) is 97.3 Å². The maximum Gasteiger partial charge on any atom is 0.264 e. The molecular weight excluding hydrogens is 574 g/mol. The summed E-state index contributed by atoms with van der Waals surface area (Å²) in [5, 5.41) is 4.69. The first-order chi connectivity index (χ1) is 20.2. The number of amides is 1. The Morgan fingerprint density at radius 1 is 0.929 bits per heavy atom. The number of carbonyl (C=O) groups excluding carboxylic acids is 1. The van der Waals surface area contributed by atoms with E-state index in [1.807, 2.05) is 44.2 Å². The number of carbonyl (C=O) groups is 1. The van der Waals surface area contributed by atoms with Gasteiger partial charge < -0.3 is 9.47 Å². The fourth-order valence-electron chi connectivity index (χ4n) is 4.13. The Morgan fingerprint density at radius 2 is 1.71 bits per heavy atom. The van der Waals surface area contributed by atoms with Crippen molar-refractivity contribution in [2.75, 3.05) is 17.5 Å². The fourth-order valence-corrected chi connectivity index (χ4v) is 5.84. The van der Waals surface area contributed by atoms with E-state index in [0.29, 0.717) is 41.0 Å². The van der Waals surface area contributed by atoms with Gasteiger partial charge in [0.2, 0.25) is 0 Å². The predicted molar refractivity (Wildman–Crippen MR) is 166 cm³/mol. The van der Waals surface area contributed by atoms with E-state index in [4.69, 9.17) is 21.1 Å². The van der Waals surface area contributed by atoms with Crippen molar-refractivity contribution in [3.05, 3.63) is 118 Å². The second kappa shape index (κ2) is 14.0. The Balaban J connectivity index is 1.49. The number of ether oxygens (including phenoxy) is 2. The van der Waals surface area contributed by atoms with E-state index in [1.54, 1.807) is 55.5 Å². The van der Waals surface area contributed by atoms with Crippen LogP contribution in [0.5, 0.6) is 11.5 Å². The number of hydrogen-bond acceptors (Lipinski definition) is 6. The van der Waals surface area contributed by atoms with Crippen molar-refractivity contribution in [3.8, 4) is 11.5 Å². The lowest BCUT2D eigenvalue weighted by Gasteiger charge is -2.25. The number of nitrogens with one attached hydrogen (secondary N) is 1. The molecule has 1 N–H and O–H groups in total. The molecule has 0 aliphatic carbocycles. The molecule has 0 unspecified atom stereocenters. The molecule has 4 aromatic carbocycles. The van der Waals surface area contributed by atoms with E-state index < -0.39 is 22.5 Å². The highest BCUT2D eigenvalue weighted by Crippen LogP contribution is 2.30. The van der Waals surface area contributed by atoms with Crippen molar-refractivity contribution in [1.82, 2.24) is 5.43 Å². The number of anilines is 1. The normalized spacial score (nSPS) is 11.3. The summed E-state index contributed by atoms with van der Waals surface area (Å²) in [6.45, 7) is 5.82. The lowest BCUT2D eigenvalue weighted by Crippen LogP contribution is -2.40. The molecule has 0 aromatic heterocycles. The molecule has 218 valence electrons. The number of sulfonamides is 1. The van der Waals surface area contributed by atoms with Crippen molar-refractivity contribution in [1.29, 1.82) is 0 Å². The van der Waals surface area contributed by atoms with Crippen molar-refractivity contribution >= 4 is 39.4 Å². The number of hydrazone groups is 1. The minimum Gasteiger partial charge on any atom is -0.490 e. The molecule has 0 atom stereocenters. The molecule has 4 aromatic rings. The second-order valence-electron chi connectivity index (χ2n) is 9.47. The van der Waals surface area contributed by atoms with Gasteiger partial charge in [-0.15, -0.1) is 0 Å². The van der Waals surface area contributed by atoms with Gasteiger partial charge in [0.15, 0.2) is 11.5 Å². The van der Waals surface area contributed by atoms with Gasteiger partial charge in [0.05, 0.1) is 23.4 Å². The molecule has 4 rings (SSSR count). The fraction of sp³-hybridized carbons (Fsp3) is 0.188. The van der Waals surface area contributed by atoms with Gasteiger partial charge in [0, 0.05) is 5.02 Å². The lowest BCUT2D eigenvalue weighted by molar-refractivity contribution is -0.119. The zero-order valence-electron chi connectivity index (χ0n) is 23.6. The van der Waals surface area contributed by atoms with Crippen LogP contribution >= 0.6 is 11.6 Å². The summed E-state index contributed by atoms with van der Waals surface area (Å²) < 4.78 is 40.0. The number of aryl methyl sites for hydroxylation is 2. The van der Waals surface area contributed by atoms with Gasteiger partial charge >= 0.3 is 0 Å². The monoisotopic (exact) mass is 605 g/mol. The number of hydrogen-bond donors (Lipinski definition) is 1. The van der Waals surface area contributed by atoms with E-state index in [2.05, 4.69) is 10.5 Å². The molecule has 0 aliphatic heterocycles. The van der Waals surface area contributed by atoms with Crippen LogP contribution < -0.4 is 19.2 Å². The Bertz CT molecular complexity index is 1680. The van der Waals surface area contributed by atoms with E-state index >= 15 is 0 Å². The smallest absolute Gasteiger partial charge is 0.264 e. The Labute approximate surface area is 251 Å². The first-order valence-corrected chi connectivity index (χ1v) is 15.1. The van der Waals surface area contributed by atoms with Crippen LogP contribution in [-0.4, -0.2) is 33.7 Å². The minimum atomic E-state index is -4.03. The third-order valence-electron chi connectivity index (χ3n) is 6.21. The number of nitrogens with zero attached hydrogens (tertiary/aromatic N) is 2. The summed E-state index contributed by atoms with van der Waals surface area (Å²) in [7, 11) is -4.03. The number of rotatable bonds is 12. The summed E-state index contributed by atoms with van der Waals surface area (Å²) in [5.41, 5.74) is 6.03. The highest BCUT2D eigenvalue weighted by Gasteiger charge is 2.28. The molecule has 0 aliphatic rings. The average molecular weight is 606 g/mol. The predicted octanol–water partition coefficient (Wildman–Crippen LogP) is 6.28. The van der Waals surface area contributed by atoms with Gasteiger partial charge in [0.1, 0.15) is 13.2 Å². The summed E-state index contributed by atoms with van der Waals surface area (Å²) >= 11 is 6.06. The summed E-state index contributed by atoms with van der Waals surface area (Å²) in [5.74, 6) is 0.469. The third kappa shape index (κ3) is 7.90. The van der Waals surface area contributed by atoms with Crippen LogP contribution in [0.2, 0.25) is 5.02 Å². The van der Waals surface area contributed by atoms with E-state index in [0.717, 1.165) is 21.0 Å². The molecule has 8 nitrogen and oxygen atoms in total. The highest BCUT2D eigenvalue weighted by molar-refractivity contribution is 7.92. The Kier molecular flexibility index (Phi) is 10.2. The van der Waals surface area contributed by atoms with E-state index in [1.165, 1.54) is 18.3 Å². The molecule has 0 radical (unpaired) electrons. The molecule has 0 heterocycles. The maximum atomic E-state index is 13.6. The molecule has 42 heavy (non-hydrogen) atoms. The van der Waals surface area contributed by atoms with Crippen LogP contribution in [0.1, 0.15) is 29.2 Å². The van der Waals surface area contributed by atoms with E-state index in [-0.39, 0.29) is 4.90 Å². The van der Waals surface area contributed by atoms with Gasteiger partial charge in [0.25, 0.3) is 15.9 Å². The molecule has 10 heteroatoms. The first-order valence-electron chi connectivity index (χ1n) is 13.3. The minimum absolute atomic E-state index is 0.0864. The standard InChI is InChI=1S/C32H32ClN3O5S/c1-4-40-31-19-25(15-16-30(31)41-22-26-9-8-10-27(33)18-26)20-34-35-32(37)21-36(29-17-23(2)13-14-24(29)3)42(38,39)28-11-6-5-7-12-28/h5-20H,4,21-22H2,1-3H3,(H,35,37)/b34-20-. The maximum absolute atomic E-state index is 13.6. The van der Waals surface area contributed by atoms with Gasteiger partial charge in [-0.1, -0.05) is 54.1 Å². The molecule has 0 spiro atoms. The van der Waals surface area contributed by atoms with Crippen LogP contribution in [0.3, 0.4) is 0 Å². The van der Waals surface area contributed by atoms with E-state index in [9.17, 15) is 13.2 Å². The van der Waals surface area contributed by atoms with Crippen LogP contribution in [0.15, 0.2) is 101 Å². The summed E-state index contributed by atoms with van der Waals surface area (Å²) in [4.78, 5) is 13.1. The lowest BCUT2D eigenvalue weighted by atomic mass is 10.1. The zero-order chi connectivity index (χ0) is 30.1. The largest absolute Gasteiger partial charge is 0.490 e. The van der Waals surface area contributed by atoms with Crippen LogP contribution in [0, 0.1) is 13.8 Å². The molecule has 0 bridgehead atoms. The van der Waals surface area contributed by atoms with Crippen molar-refractivity contribution in [2.45, 2.75) is 32.3 Å². The van der Waals surface area contributed by atoms with Crippen LogP contribution in [-0.2, 0) is 21.4 Å². The van der Waals surface area contributed by atoms with Crippen LogP contribution in [0.4, 0.5) is 5.69 Å². The quantitative estimate of drug-likeness (QED) is 0.151. The molecule has 1 amide bonds. The Hall–Kier alpha value is -4.34. The van der Waals surface area contributed by atoms with Crippen molar-refractivity contribution in [3.63, 3.8) is 0 Å².